The predicted molar refractivity (Wildman–Crippen MR) is 145 cm³/mol. The first-order valence-corrected chi connectivity index (χ1v) is 12.4. The largest absolute Gasteiger partial charge is 0.398 e. The summed E-state index contributed by atoms with van der Waals surface area (Å²) in [5.41, 5.74) is 8.74. The van der Waals surface area contributed by atoms with Gasteiger partial charge in [0.1, 0.15) is 17.4 Å². The van der Waals surface area contributed by atoms with Gasteiger partial charge in [-0.1, -0.05) is 39.0 Å². The van der Waals surface area contributed by atoms with Gasteiger partial charge < -0.3 is 30.6 Å². The monoisotopic (exact) mass is 529 g/mol. The number of carbonyl (C=O) groups is 2. The summed E-state index contributed by atoms with van der Waals surface area (Å²) in [5.74, 6) is 0.189. The third kappa shape index (κ3) is 5.97. The first-order chi connectivity index (χ1) is 17.3. The molecule has 37 heavy (non-hydrogen) atoms. The lowest BCUT2D eigenvalue weighted by Crippen LogP contribution is -2.44. The number of carbonyl (C=O) groups excluding carboxylic acids is 2. The molecule has 1 aliphatic heterocycles. The molecule has 1 aromatic carbocycles. The second kappa shape index (κ2) is 10.9. The molecule has 2 aromatic rings. The van der Waals surface area contributed by atoms with Crippen molar-refractivity contribution in [2.24, 2.45) is 7.05 Å². The van der Waals surface area contributed by atoms with Crippen LogP contribution in [0, 0.1) is 12.3 Å². The highest BCUT2D eigenvalue weighted by Gasteiger charge is 2.36. The summed E-state index contributed by atoms with van der Waals surface area (Å²) in [7, 11) is 3.30. The van der Waals surface area contributed by atoms with Gasteiger partial charge in [0.15, 0.2) is 0 Å². The van der Waals surface area contributed by atoms with Crippen LogP contribution in [0.4, 0.5) is 5.69 Å². The number of benzene rings is 1. The van der Waals surface area contributed by atoms with Crippen LogP contribution in [-0.2, 0) is 28.5 Å². The van der Waals surface area contributed by atoms with Crippen LogP contribution in [-0.4, -0.2) is 64.4 Å². The number of halogens is 1. The number of hydrogen-bond donors (Lipinski definition) is 4. The summed E-state index contributed by atoms with van der Waals surface area (Å²) in [4.78, 5) is 31.3. The highest BCUT2D eigenvalue weighted by molar-refractivity contribution is 6.32. The molecule has 1 saturated heterocycles. The topological polar surface area (TPSA) is 138 Å². The third-order valence-corrected chi connectivity index (χ3v) is 6.90. The van der Waals surface area contributed by atoms with E-state index in [2.05, 4.69) is 22.2 Å². The molecule has 11 heteroatoms. The van der Waals surface area contributed by atoms with Gasteiger partial charge in [0.2, 0.25) is 5.91 Å². The third-order valence-electron chi connectivity index (χ3n) is 6.59. The van der Waals surface area contributed by atoms with Crippen LogP contribution in [0.5, 0.6) is 0 Å². The number of amides is 2. The second-order valence-corrected chi connectivity index (χ2v) is 10.6. The number of anilines is 1. The van der Waals surface area contributed by atoms with Crippen molar-refractivity contribution in [3.8, 4) is 0 Å². The van der Waals surface area contributed by atoms with Crippen LogP contribution in [0.25, 0.3) is 0 Å². The maximum absolute atomic E-state index is 13.2. The first kappa shape index (κ1) is 28.2. The number of nitrogens with zero attached hydrogens (tertiary/aromatic N) is 3. The molecule has 0 spiro atoms. The summed E-state index contributed by atoms with van der Waals surface area (Å²) in [6, 6.07) is 3.14. The number of nitrogens with two attached hydrogens (primary N) is 1. The van der Waals surface area contributed by atoms with Crippen LogP contribution >= 0.6 is 11.6 Å². The Morgan fingerprint density at radius 2 is 2.03 bits per heavy atom. The second-order valence-electron chi connectivity index (χ2n) is 10.2. The Labute approximate surface area is 222 Å². The number of imidazole rings is 1. The van der Waals surface area contributed by atoms with E-state index in [1.165, 1.54) is 6.08 Å². The van der Waals surface area contributed by atoms with E-state index in [1.54, 1.807) is 36.6 Å². The summed E-state index contributed by atoms with van der Waals surface area (Å²) in [5, 5.41) is 15.2. The van der Waals surface area contributed by atoms with Crippen LogP contribution in [0.15, 0.2) is 24.8 Å². The van der Waals surface area contributed by atoms with Gasteiger partial charge in [-0.05, 0) is 36.1 Å². The molecule has 1 aromatic heterocycles. The Bertz CT molecular complexity index is 1230. The normalized spacial score (nSPS) is 17.5. The number of amidine groups is 1. The molecule has 0 radical (unpaired) electrons. The summed E-state index contributed by atoms with van der Waals surface area (Å²) in [6.07, 6.45) is 0.923. The number of nitrogens with one attached hydrogen (secondary N) is 3. The Balaban J connectivity index is 1.74. The van der Waals surface area contributed by atoms with Gasteiger partial charge in [0.05, 0.1) is 24.4 Å². The predicted octanol–water partition coefficient (Wildman–Crippen LogP) is 2.52. The van der Waals surface area contributed by atoms with Crippen molar-refractivity contribution in [3.63, 3.8) is 0 Å². The quantitative estimate of drug-likeness (QED) is 0.188. The first-order valence-electron chi connectivity index (χ1n) is 12.0. The van der Waals surface area contributed by atoms with Gasteiger partial charge >= 0.3 is 0 Å². The van der Waals surface area contributed by atoms with Crippen molar-refractivity contribution < 1.29 is 14.3 Å². The molecule has 2 amide bonds. The maximum Gasteiger partial charge on any atom is 0.270 e. The molecule has 2 atom stereocenters. The van der Waals surface area contributed by atoms with Crippen molar-refractivity contribution in [1.29, 1.82) is 5.41 Å². The lowest BCUT2D eigenvalue weighted by molar-refractivity contribution is -0.125. The number of likely N-dealkylation sites (tertiary alicyclic amines) is 1. The zero-order valence-electron chi connectivity index (χ0n) is 22.2. The molecule has 200 valence electrons. The van der Waals surface area contributed by atoms with E-state index in [0.717, 1.165) is 5.56 Å². The average molecular weight is 530 g/mol. The van der Waals surface area contributed by atoms with Crippen molar-refractivity contribution in [2.75, 3.05) is 25.9 Å². The van der Waals surface area contributed by atoms with Gasteiger partial charge in [-0.25, -0.2) is 4.98 Å². The van der Waals surface area contributed by atoms with Crippen molar-refractivity contribution in [2.45, 2.75) is 51.8 Å². The molecule has 0 bridgehead atoms. The minimum atomic E-state index is -0.365. The van der Waals surface area contributed by atoms with Gasteiger partial charge in [-0.3, -0.25) is 15.0 Å². The van der Waals surface area contributed by atoms with Crippen LogP contribution in [0.2, 0.25) is 5.02 Å². The molecule has 5 N–H and O–H groups in total. The smallest absolute Gasteiger partial charge is 0.270 e. The van der Waals surface area contributed by atoms with E-state index < -0.39 is 0 Å². The molecule has 1 fully saturated rings. The number of aromatic nitrogens is 2. The van der Waals surface area contributed by atoms with Crippen LogP contribution in [0.1, 0.15) is 53.9 Å². The fourth-order valence-electron chi connectivity index (χ4n) is 4.51. The van der Waals surface area contributed by atoms with Gasteiger partial charge in [0.25, 0.3) is 5.91 Å². The van der Waals surface area contributed by atoms with E-state index in [9.17, 15) is 9.59 Å². The minimum absolute atomic E-state index is 0.132. The lowest BCUT2D eigenvalue weighted by atomic mass is 9.85. The van der Waals surface area contributed by atoms with E-state index >= 15 is 0 Å². The van der Waals surface area contributed by atoms with Gasteiger partial charge in [-0.2, -0.15) is 0 Å². The van der Waals surface area contributed by atoms with E-state index in [0.29, 0.717) is 46.6 Å². The molecule has 0 aliphatic carbocycles. The van der Waals surface area contributed by atoms with Crippen molar-refractivity contribution >= 4 is 34.9 Å². The van der Waals surface area contributed by atoms with E-state index in [-0.39, 0.29) is 41.8 Å². The number of nitrogen functional groups attached to an aromatic ring is 1. The number of methoxy groups -OCH3 is 1. The lowest BCUT2D eigenvalue weighted by Gasteiger charge is -2.23. The minimum Gasteiger partial charge on any atom is -0.398 e. The maximum atomic E-state index is 13.2. The molecule has 10 nitrogen and oxygen atoms in total. The highest BCUT2D eigenvalue weighted by Crippen LogP contribution is 2.33. The molecule has 0 saturated carbocycles. The fraction of sp³-hybridized carbons (Fsp3) is 0.462. The summed E-state index contributed by atoms with van der Waals surface area (Å²) >= 11 is 6.39. The van der Waals surface area contributed by atoms with Crippen molar-refractivity contribution in [3.05, 3.63) is 58.1 Å². The fourth-order valence-corrected chi connectivity index (χ4v) is 4.96. The van der Waals surface area contributed by atoms with Gasteiger partial charge in [-0.15, -0.1) is 0 Å². The molecule has 0 unspecified atom stereocenters. The van der Waals surface area contributed by atoms with E-state index in [1.807, 2.05) is 26.8 Å². The molecule has 3 rings (SSSR count). The Kier molecular flexibility index (Phi) is 8.34. The van der Waals surface area contributed by atoms with E-state index in [4.69, 9.17) is 27.5 Å². The SMILES string of the molecule is C=CC(=O)N1C[C@H](NC(=O)c2c(C)nc(CNC(=N)c3cc(C(C)(C)C)c(Cl)cc3N)n2C)[C@H](OC)C1. The summed E-state index contributed by atoms with van der Waals surface area (Å²) in [6.45, 7) is 12.3. The Hall–Kier alpha value is -3.37. The van der Waals surface area contributed by atoms with Gasteiger partial charge in [0, 0.05) is 43.5 Å². The number of hydrogen-bond acceptors (Lipinski definition) is 6. The standard InChI is InChI=1S/C26H36ClN7O3/c1-8-22(35)34-12-19(20(13-34)37-7)32-25(36)23-14(2)31-21(33(23)6)11-30-24(29)15-9-16(26(3,4)5)17(27)10-18(15)28/h8-10,19-20H,1,11-13,28H2,2-7H3,(H2,29,30)(H,32,36)/t19-,20+/m0/s1. The molecule has 1 aliphatic rings. The Morgan fingerprint density at radius 1 is 1.35 bits per heavy atom. The number of ether oxygens (including phenoxy) is 1. The average Bonchev–Trinajstić information content (AvgIpc) is 3.35. The van der Waals surface area contributed by atoms with Crippen LogP contribution < -0.4 is 16.4 Å². The highest BCUT2D eigenvalue weighted by atomic mass is 35.5. The molecular formula is C26H36ClN7O3. The summed E-state index contributed by atoms with van der Waals surface area (Å²) < 4.78 is 7.18. The van der Waals surface area contributed by atoms with Crippen molar-refractivity contribution in [1.82, 2.24) is 25.1 Å². The molecular weight excluding hydrogens is 494 g/mol. The number of aryl methyl sites for hydroxylation is 1. The zero-order chi connectivity index (χ0) is 27.7. The molecule has 2 heterocycles. The number of rotatable bonds is 7. The zero-order valence-corrected chi connectivity index (χ0v) is 23.0. The Morgan fingerprint density at radius 3 is 2.62 bits per heavy atom. The van der Waals surface area contributed by atoms with Crippen LogP contribution in [0.3, 0.4) is 0 Å².